The van der Waals surface area contributed by atoms with Crippen LogP contribution >= 0.6 is 0 Å². The van der Waals surface area contributed by atoms with Gasteiger partial charge >= 0.3 is 12.1 Å². The molecule has 0 aromatic rings. The van der Waals surface area contributed by atoms with E-state index in [0.717, 1.165) is 4.90 Å². The van der Waals surface area contributed by atoms with E-state index in [9.17, 15) is 22.8 Å². The Kier molecular flexibility index (Phi) is 4.65. The molecule has 1 amide bonds. The number of rotatable bonds is 3. The quantitative estimate of drug-likeness (QED) is 0.872. The zero-order chi connectivity index (χ0) is 16.6. The maximum absolute atomic E-state index is 13.0. The summed E-state index contributed by atoms with van der Waals surface area (Å²) in [5.74, 6) is -2.32. The maximum atomic E-state index is 13.0. The van der Waals surface area contributed by atoms with Crippen molar-refractivity contribution in [2.75, 3.05) is 13.1 Å². The molecule has 2 atom stereocenters. The largest absolute Gasteiger partial charge is 0.481 e. The van der Waals surface area contributed by atoms with Gasteiger partial charge in [0, 0.05) is 19.5 Å². The van der Waals surface area contributed by atoms with E-state index in [1.54, 1.807) is 0 Å². The Morgan fingerprint density at radius 3 is 2.14 bits per heavy atom. The molecule has 1 aliphatic heterocycles. The summed E-state index contributed by atoms with van der Waals surface area (Å²) in [5, 5.41) is 8.95. The van der Waals surface area contributed by atoms with Crippen LogP contribution in [0.1, 0.15) is 40.5 Å². The van der Waals surface area contributed by atoms with Gasteiger partial charge < -0.3 is 10.0 Å². The number of hydrogen-bond acceptors (Lipinski definition) is 2. The average molecular weight is 309 g/mol. The van der Waals surface area contributed by atoms with Crippen LogP contribution in [0.5, 0.6) is 0 Å². The Bertz CT molecular complexity index is 428. The standard InChI is InChI=1S/C14H22F3NO3/c1-9(12(2,3)4)7-10(19)18-6-5-13(8-18,11(20)21)14(15,16)17/h9H,5-8H2,1-4H3,(H,20,21). The van der Waals surface area contributed by atoms with Crippen molar-refractivity contribution in [3.8, 4) is 0 Å². The zero-order valence-corrected chi connectivity index (χ0v) is 12.8. The number of nitrogens with zero attached hydrogens (tertiary/aromatic N) is 1. The molecule has 4 nitrogen and oxygen atoms in total. The van der Waals surface area contributed by atoms with Crippen molar-refractivity contribution in [2.45, 2.75) is 46.7 Å². The molecular weight excluding hydrogens is 287 g/mol. The van der Waals surface area contributed by atoms with Gasteiger partial charge in [0.25, 0.3) is 0 Å². The highest BCUT2D eigenvalue weighted by atomic mass is 19.4. The van der Waals surface area contributed by atoms with Crippen LogP contribution in [-0.4, -0.2) is 41.1 Å². The molecule has 1 heterocycles. The smallest absolute Gasteiger partial charge is 0.406 e. The van der Waals surface area contributed by atoms with Gasteiger partial charge in [-0.25, -0.2) is 0 Å². The van der Waals surface area contributed by atoms with Crippen molar-refractivity contribution in [3.63, 3.8) is 0 Å². The number of alkyl halides is 3. The Balaban J connectivity index is 2.82. The number of hydrogen-bond donors (Lipinski definition) is 1. The minimum Gasteiger partial charge on any atom is -0.481 e. The third-order valence-corrected chi connectivity index (χ3v) is 4.53. The molecule has 1 rings (SSSR count). The van der Waals surface area contributed by atoms with Crippen LogP contribution in [0, 0.1) is 16.7 Å². The van der Waals surface area contributed by atoms with Gasteiger partial charge in [-0.3, -0.25) is 9.59 Å². The molecule has 1 fully saturated rings. The van der Waals surface area contributed by atoms with Crippen LogP contribution in [0.4, 0.5) is 13.2 Å². The molecule has 0 aliphatic carbocycles. The molecule has 0 spiro atoms. The molecule has 1 aliphatic rings. The highest BCUT2D eigenvalue weighted by Gasteiger charge is 2.64. The van der Waals surface area contributed by atoms with Gasteiger partial charge in [-0.2, -0.15) is 13.2 Å². The van der Waals surface area contributed by atoms with E-state index in [0.29, 0.717) is 0 Å². The van der Waals surface area contributed by atoms with Gasteiger partial charge in [0.1, 0.15) is 0 Å². The van der Waals surface area contributed by atoms with Crippen molar-refractivity contribution in [3.05, 3.63) is 0 Å². The predicted molar refractivity (Wildman–Crippen MR) is 70.6 cm³/mol. The summed E-state index contributed by atoms with van der Waals surface area (Å²) >= 11 is 0. The van der Waals surface area contributed by atoms with Crippen molar-refractivity contribution in [2.24, 2.45) is 16.7 Å². The Labute approximate surface area is 122 Å². The molecule has 0 bridgehead atoms. The first-order chi connectivity index (χ1) is 9.31. The number of carbonyl (C=O) groups excluding carboxylic acids is 1. The molecule has 1 N–H and O–H groups in total. The lowest BCUT2D eigenvalue weighted by atomic mass is 9.80. The van der Waals surface area contributed by atoms with E-state index in [2.05, 4.69) is 0 Å². The lowest BCUT2D eigenvalue weighted by molar-refractivity contribution is -0.227. The molecule has 21 heavy (non-hydrogen) atoms. The summed E-state index contributed by atoms with van der Waals surface area (Å²) in [5.41, 5.74) is -2.96. The van der Waals surface area contributed by atoms with Crippen molar-refractivity contribution < 1.29 is 27.9 Å². The number of likely N-dealkylation sites (tertiary alicyclic amines) is 1. The van der Waals surface area contributed by atoms with Crippen molar-refractivity contribution in [1.29, 1.82) is 0 Å². The molecule has 0 saturated carbocycles. The second-order valence-corrected chi connectivity index (χ2v) is 6.92. The van der Waals surface area contributed by atoms with Crippen LogP contribution in [0.3, 0.4) is 0 Å². The second kappa shape index (κ2) is 5.50. The first-order valence-electron chi connectivity index (χ1n) is 6.89. The summed E-state index contributed by atoms with van der Waals surface area (Å²) in [6, 6.07) is 0. The molecule has 0 aromatic carbocycles. The van der Waals surface area contributed by atoms with Gasteiger partial charge in [-0.15, -0.1) is 0 Å². The lowest BCUT2D eigenvalue weighted by Crippen LogP contribution is -2.48. The van der Waals surface area contributed by atoms with E-state index in [1.165, 1.54) is 0 Å². The van der Waals surface area contributed by atoms with Gasteiger partial charge in [0.15, 0.2) is 5.41 Å². The molecule has 0 radical (unpaired) electrons. The van der Waals surface area contributed by atoms with Crippen molar-refractivity contribution in [1.82, 2.24) is 4.90 Å². The van der Waals surface area contributed by atoms with E-state index in [1.807, 2.05) is 27.7 Å². The maximum Gasteiger partial charge on any atom is 0.406 e. The van der Waals surface area contributed by atoms with Crippen LogP contribution < -0.4 is 0 Å². The summed E-state index contributed by atoms with van der Waals surface area (Å²) in [6.45, 7) is 6.76. The Hall–Kier alpha value is -1.27. The van der Waals surface area contributed by atoms with Crippen LogP contribution in [0.2, 0.25) is 0 Å². The van der Waals surface area contributed by atoms with E-state index >= 15 is 0 Å². The highest BCUT2D eigenvalue weighted by Crippen LogP contribution is 2.46. The number of carbonyl (C=O) groups is 2. The average Bonchev–Trinajstić information content (AvgIpc) is 2.72. The van der Waals surface area contributed by atoms with Crippen LogP contribution in [0.15, 0.2) is 0 Å². The third-order valence-electron chi connectivity index (χ3n) is 4.53. The molecule has 0 aromatic heterocycles. The fraction of sp³-hybridized carbons (Fsp3) is 0.857. The first kappa shape index (κ1) is 17.8. The lowest BCUT2D eigenvalue weighted by Gasteiger charge is -2.30. The summed E-state index contributed by atoms with van der Waals surface area (Å²) in [4.78, 5) is 24.2. The SMILES string of the molecule is CC(CC(=O)N1CCC(C(=O)O)(C(F)(F)F)C1)C(C)(C)C. The first-order valence-corrected chi connectivity index (χ1v) is 6.89. The molecular formula is C14H22F3NO3. The van der Waals surface area contributed by atoms with Gasteiger partial charge in [0.2, 0.25) is 5.91 Å². The number of carboxylic acid groups (broad SMARTS) is 1. The predicted octanol–water partition coefficient (Wildman–Crippen LogP) is 2.92. The minimum absolute atomic E-state index is 0.00397. The number of amides is 1. The van der Waals surface area contributed by atoms with Crippen LogP contribution in [0.25, 0.3) is 0 Å². The number of halogens is 3. The molecule has 1 saturated heterocycles. The highest BCUT2D eigenvalue weighted by molar-refractivity contribution is 5.81. The minimum atomic E-state index is -4.86. The monoisotopic (exact) mass is 309 g/mol. The van der Waals surface area contributed by atoms with Gasteiger partial charge in [-0.05, 0) is 17.8 Å². The van der Waals surface area contributed by atoms with E-state index in [-0.39, 0.29) is 24.3 Å². The normalized spacial score (nSPS) is 25.0. The van der Waals surface area contributed by atoms with Gasteiger partial charge in [-0.1, -0.05) is 27.7 Å². The van der Waals surface area contributed by atoms with Crippen LogP contribution in [-0.2, 0) is 9.59 Å². The summed E-state index contributed by atoms with van der Waals surface area (Å²) in [6.07, 6.45) is -5.32. The topological polar surface area (TPSA) is 57.6 Å². The molecule has 2 unspecified atom stereocenters. The second-order valence-electron chi connectivity index (χ2n) is 6.92. The fourth-order valence-corrected chi connectivity index (χ4v) is 2.25. The number of carboxylic acids is 1. The Morgan fingerprint density at radius 2 is 1.81 bits per heavy atom. The summed E-state index contributed by atoms with van der Waals surface area (Å²) < 4.78 is 39.1. The fourth-order valence-electron chi connectivity index (χ4n) is 2.25. The van der Waals surface area contributed by atoms with E-state index < -0.39 is 36.4 Å². The Morgan fingerprint density at radius 1 is 1.29 bits per heavy atom. The number of aliphatic carboxylic acids is 1. The zero-order valence-electron chi connectivity index (χ0n) is 12.8. The molecule has 122 valence electrons. The van der Waals surface area contributed by atoms with E-state index in [4.69, 9.17) is 5.11 Å². The third kappa shape index (κ3) is 3.49. The molecule has 7 heteroatoms. The summed E-state index contributed by atoms with van der Waals surface area (Å²) in [7, 11) is 0. The van der Waals surface area contributed by atoms with Crippen molar-refractivity contribution >= 4 is 11.9 Å². The van der Waals surface area contributed by atoms with Gasteiger partial charge in [0.05, 0.1) is 0 Å².